The largest absolute Gasteiger partial charge is 0.311 e. The normalized spacial score (nSPS) is 10.8. The Labute approximate surface area is 254 Å². The molecule has 0 aliphatic heterocycles. The molecule has 0 aliphatic rings. The van der Waals surface area contributed by atoms with Crippen LogP contribution in [0, 0.1) is 20.8 Å². The maximum atomic E-state index is 11.2. The molecular weight excluding hydrogens is 524 g/mol. The summed E-state index contributed by atoms with van der Waals surface area (Å²) in [6, 6.07) is 50.9. The number of aryl methyl sites for hydroxylation is 3. The van der Waals surface area contributed by atoms with Crippen molar-refractivity contribution in [1.82, 2.24) is 0 Å². The van der Waals surface area contributed by atoms with Gasteiger partial charge in [0.2, 0.25) is 0 Å². The van der Waals surface area contributed by atoms with Gasteiger partial charge < -0.3 is 9.80 Å². The van der Waals surface area contributed by atoms with Crippen LogP contribution < -0.4 is 9.80 Å². The minimum absolute atomic E-state index is 0.662. The lowest BCUT2D eigenvalue weighted by atomic mass is 10.0. The molecule has 0 unspecified atom stereocenters. The summed E-state index contributed by atoms with van der Waals surface area (Å²) in [6.45, 7) is 6.32. The van der Waals surface area contributed by atoms with E-state index in [0.717, 1.165) is 51.5 Å². The maximum Gasteiger partial charge on any atom is 0.150 e. The average molecular weight is 559 g/mol. The van der Waals surface area contributed by atoms with Crippen molar-refractivity contribution in [1.29, 1.82) is 0 Å². The molecule has 0 aliphatic carbocycles. The highest BCUT2D eigenvalue weighted by molar-refractivity contribution is 5.82. The molecule has 3 heteroatoms. The van der Waals surface area contributed by atoms with Crippen molar-refractivity contribution in [3.63, 3.8) is 0 Å². The van der Waals surface area contributed by atoms with Crippen LogP contribution in [0.5, 0.6) is 0 Å². The van der Waals surface area contributed by atoms with Gasteiger partial charge in [-0.15, -0.1) is 0 Å². The topological polar surface area (TPSA) is 23.6 Å². The van der Waals surface area contributed by atoms with E-state index in [1.807, 2.05) is 24.3 Å². The number of nitrogens with zero attached hydrogens (tertiary/aromatic N) is 2. The second-order valence-electron chi connectivity index (χ2n) is 11.0. The van der Waals surface area contributed by atoms with Crippen molar-refractivity contribution in [2.75, 3.05) is 9.80 Å². The first kappa shape index (κ1) is 27.7. The highest BCUT2D eigenvalue weighted by Gasteiger charge is 2.15. The summed E-state index contributed by atoms with van der Waals surface area (Å²) >= 11 is 0. The van der Waals surface area contributed by atoms with Crippen molar-refractivity contribution < 1.29 is 4.79 Å². The summed E-state index contributed by atoms with van der Waals surface area (Å²) in [6.07, 6.45) is 0.876. The minimum atomic E-state index is 0.662. The van der Waals surface area contributed by atoms with E-state index in [9.17, 15) is 4.79 Å². The van der Waals surface area contributed by atoms with Gasteiger partial charge in [-0.3, -0.25) is 4.79 Å². The van der Waals surface area contributed by atoms with Gasteiger partial charge in [-0.2, -0.15) is 0 Å². The second kappa shape index (κ2) is 12.2. The van der Waals surface area contributed by atoms with Gasteiger partial charge in [-0.1, -0.05) is 77.4 Å². The molecular formula is C40H34N2O. The van der Waals surface area contributed by atoms with Gasteiger partial charge in [0.1, 0.15) is 6.29 Å². The highest BCUT2D eigenvalue weighted by Crippen LogP contribution is 2.38. The molecule has 0 fully saturated rings. The van der Waals surface area contributed by atoms with Crippen LogP contribution in [0.3, 0.4) is 0 Å². The average Bonchev–Trinajstić information content (AvgIpc) is 3.05. The van der Waals surface area contributed by atoms with Crippen LogP contribution in [0.1, 0.15) is 27.0 Å². The molecule has 0 aromatic heterocycles. The molecule has 6 aromatic carbocycles. The Bertz CT molecular complexity index is 1760. The molecule has 0 N–H and O–H groups in total. The first-order chi connectivity index (χ1) is 21.0. The predicted octanol–water partition coefficient (Wildman–Crippen LogP) is 11.0. The van der Waals surface area contributed by atoms with Crippen LogP contribution in [-0.2, 0) is 0 Å². The molecule has 210 valence electrons. The molecule has 0 atom stereocenters. The number of anilines is 6. The lowest BCUT2D eigenvalue weighted by Crippen LogP contribution is -2.10. The molecule has 0 saturated heterocycles. The quantitative estimate of drug-likeness (QED) is 0.174. The van der Waals surface area contributed by atoms with Gasteiger partial charge in [0.05, 0.1) is 0 Å². The van der Waals surface area contributed by atoms with E-state index in [4.69, 9.17) is 0 Å². The fourth-order valence-corrected chi connectivity index (χ4v) is 5.28. The molecule has 0 spiro atoms. The summed E-state index contributed by atoms with van der Waals surface area (Å²) in [4.78, 5) is 15.8. The maximum absolute atomic E-state index is 11.2. The third-order valence-corrected chi connectivity index (χ3v) is 7.75. The second-order valence-corrected chi connectivity index (χ2v) is 11.0. The summed E-state index contributed by atoms with van der Waals surface area (Å²) in [7, 11) is 0. The van der Waals surface area contributed by atoms with E-state index in [0.29, 0.717) is 5.56 Å². The van der Waals surface area contributed by atoms with Gasteiger partial charge >= 0.3 is 0 Å². The van der Waals surface area contributed by atoms with E-state index >= 15 is 0 Å². The molecule has 6 aromatic rings. The SMILES string of the molecule is Cc1ccc(N(c2ccc(C)cc2)c2ccc(-c3ccc(N(c4ccc(C)cc4)c4ccc(C=O)cc4)cc3)cc2)cc1. The van der Waals surface area contributed by atoms with Crippen LogP contribution >= 0.6 is 0 Å². The van der Waals surface area contributed by atoms with Gasteiger partial charge in [0.15, 0.2) is 0 Å². The fourth-order valence-electron chi connectivity index (χ4n) is 5.28. The summed E-state index contributed by atoms with van der Waals surface area (Å²) in [5.41, 5.74) is 13.1. The van der Waals surface area contributed by atoms with E-state index in [1.54, 1.807) is 0 Å². The Hall–Kier alpha value is -5.41. The molecule has 43 heavy (non-hydrogen) atoms. The van der Waals surface area contributed by atoms with Gasteiger partial charge in [-0.05, 0) is 117 Å². The number of aldehydes is 1. The lowest BCUT2D eigenvalue weighted by Gasteiger charge is -2.26. The minimum Gasteiger partial charge on any atom is -0.311 e. The smallest absolute Gasteiger partial charge is 0.150 e. The molecule has 0 heterocycles. The predicted molar refractivity (Wildman–Crippen MR) is 181 cm³/mol. The van der Waals surface area contributed by atoms with Crippen molar-refractivity contribution >= 4 is 40.4 Å². The summed E-state index contributed by atoms with van der Waals surface area (Å²) in [5.74, 6) is 0. The van der Waals surface area contributed by atoms with Crippen molar-refractivity contribution in [3.05, 3.63) is 168 Å². The Morgan fingerprint density at radius 2 is 0.581 bits per heavy atom. The standard InChI is InChI=1S/C40H34N2O/c1-29-4-16-35(17-5-29)41(36-18-6-30(2)7-19-36)39-24-12-33(13-25-39)34-14-26-40(27-15-34)42(37-20-8-31(3)9-21-37)38-22-10-32(28-43)11-23-38/h4-28H,1-3H3. The van der Waals surface area contributed by atoms with Gasteiger partial charge in [-0.25, -0.2) is 0 Å². The van der Waals surface area contributed by atoms with Crippen LogP contribution in [0.4, 0.5) is 34.1 Å². The number of hydrogen-bond donors (Lipinski definition) is 0. The molecule has 0 saturated carbocycles. The molecule has 0 bridgehead atoms. The zero-order valence-electron chi connectivity index (χ0n) is 24.7. The molecule has 3 nitrogen and oxygen atoms in total. The fraction of sp³-hybridized carbons (Fsp3) is 0.0750. The van der Waals surface area contributed by atoms with Crippen molar-refractivity contribution in [2.45, 2.75) is 20.8 Å². The number of carbonyl (C=O) groups is 1. The first-order valence-electron chi connectivity index (χ1n) is 14.5. The molecule has 6 rings (SSSR count). The highest BCUT2D eigenvalue weighted by atomic mass is 16.1. The Morgan fingerprint density at radius 1 is 0.349 bits per heavy atom. The monoisotopic (exact) mass is 558 g/mol. The van der Waals surface area contributed by atoms with Crippen LogP contribution in [-0.4, -0.2) is 6.29 Å². The van der Waals surface area contributed by atoms with E-state index < -0.39 is 0 Å². The van der Waals surface area contributed by atoms with Gasteiger partial charge in [0.25, 0.3) is 0 Å². The number of carbonyl (C=O) groups excluding carboxylic acids is 1. The van der Waals surface area contributed by atoms with E-state index in [2.05, 4.69) is 152 Å². The van der Waals surface area contributed by atoms with Crippen LogP contribution in [0.25, 0.3) is 11.1 Å². The third kappa shape index (κ3) is 6.12. The van der Waals surface area contributed by atoms with E-state index in [1.165, 1.54) is 16.7 Å². The zero-order valence-corrected chi connectivity index (χ0v) is 24.7. The number of rotatable bonds is 8. The Balaban J connectivity index is 1.31. The van der Waals surface area contributed by atoms with Crippen molar-refractivity contribution in [3.8, 4) is 11.1 Å². The van der Waals surface area contributed by atoms with Crippen LogP contribution in [0.2, 0.25) is 0 Å². The summed E-state index contributed by atoms with van der Waals surface area (Å²) < 4.78 is 0. The van der Waals surface area contributed by atoms with Crippen molar-refractivity contribution in [2.24, 2.45) is 0 Å². The number of hydrogen-bond acceptors (Lipinski definition) is 3. The third-order valence-electron chi connectivity index (χ3n) is 7.75. The van der Waals surface area contributed by atoms with E-state index in [-0.39, 0.29) is 0 Å². The molecule has 0 amide bonds. The lowest BCUT2D eigenvalue weighted by molar-refractivity contribution is 0.112. The molecule has 0 radical (unpaired) electrons. The zero-order chi connectivity index (χ0) is 29.8. The van der Waals surface area contributed by atoms with Crippen LogP contribution in [0.15, 0.2) is 146 Å². The Morgan fingerprint density at radius 3 is 0.837 bits per heavy atom. The first-order valence-corrected chi connectivity index (χ1v) is 14.5. The Kier molecular flexibility index (Phi) is 7.88. The number of benzene rings is 6. The summed E-state index contributed by atoms with van der Waals surface area (Å²) in [5, 5.41) is 0. The van der Waals surface area contributed by atoms with Gasteiger partial charge in [0, 0.05) is 39.7 Å².